The molecule has 0 radical (unpaired) electrons. The van der Waals surface area contributed by atoms with Gasteiger partial charge in [-0.2, -0.15) is 5.26 Å². The Morgan fingerprint density at radius 2 is 2.12 bits per heavy atom. The van der Waals surface area contributed by atoms with Gasteiger partial charge in [0.25, 0.3) is 0 Å². The first-order valence-electron chi connectivity index (χ1n) is 4.68. The summed E-state index contributed by atoms with van der Waals surface area (Å²) in [6, 6.07) is 9.51. The fraction of sp³-hybridized carbons (Fsp3) is 0. The zero-order valence-corrected chi connectivity index (χ0v) is 10.1. The molecule has 0 aliphatic rings. The Hall–Kier alpha value is -1.57. The third-order valence-electron chi connectivity index (χ3n) is 1.98. The molecule has 1 aromatic heterocycles. The van der Waals surface area contributed by atoms with Crippen molar-refractivity contribution >= 4 is 23.4 Å². The molecule has 0 amide bonds. The first kappa shape index (κ1) is 11.9. The van der Waals surface area contributed by atoms with Crippen LogP contribution in [-0.4, -0.2) is 4.98 Å². The molecule has 0 saturated heterocycles. The second-order valence-electron chi connectivity index (χ2n) is 3.17. The number of nitriles is 1. The van der Waals surface area contributed by atoms with Gasteiger partial charge in [-0.25, -0.2) is 9.37 Å². The van der Waals surface area contributed by atoms with E-state index >= 15 is 0 Å². The number of hydrogen-bond acceptors (Lipinski definition) is 3. The van der Waals surface area contributed by atoms with E-state index < -0.39 is 5.82 Å². The van der Waals surface area contributed by atoms with Crippen LogP contribution in [0.25, 0.3) is 0 Å². The molecule has 0 atom stereocenters. The molecule has 1 heterocycles. The number of benzene rings is 1. The minimum absolute atomic E-state index is 0.298. The highest BCUT2D eigenvalue weighted by Gasteiger charge is 2.06. The van der Waals surface area contributed by atoms with E-state index in [4.69, 9.17) is 16.9 Å². The van der Waals surface area contributed by atoms with E-state index in [0.29, 0.717) is 20.5 Å². The molecule has 2 nitrogen and oxygen atoms in total. The van der Waals surface area contributed by atoms with Crippen LogP contribution in [0.5, 0.6) is 0 Å². The van der Waals surface area contributed by atoms with Crippen molar-refractivity contribution in [3.05, 3.63) is 52.9 Å². The van der Waals surface area contributed by atoms with Crippen molar-refractivity contribution in [1.82, 2.24) is 4.98 Å². The second-order valence-corrected chi connectivity index (χ2v) is 4.67. The Labute approximate surface area is 107 Å². The highest BCUT2D eigenvalue weighted by Crippen LogP contribution is 2.29. The molecule has 0 bridgehead atoms. The molecule has 1 aromatic carbocycles. The van der Waals surface area contributed by atoms with E-state index in [2.05, 4.69) is 4.98 Å². The summed E-state index contributed by atoms with van der Waals surface area (Å²) < 4.78 is 12.9. The van der Waals surface area contributed by atoms with E-state index in [0.717, 1.165) is 0 Å². The minimum Gasteiger partial charge on any atom is -0.248 e. The number of nitrogens with zero attached hydrogens (tertiary/aromatic N) is 2. The lowest BCUT2D eigenvalue weighted by Gasteiger charge is -2.03. The van der Waals surface area contributed by atoms with Gasteiger partial charge >= 0.3 is 0 Å². The third-order valence-corrected chi connectivity index (χ3v) is 3.23. The van der Waals surface area contributed by atoms with E-state index in [1.165, 1.54) is 30.1 Å². The Kier molecular flexibility index (Phi) is 3.62. The Bertz CT molecular complexity index is 578. The standard InChI is InChI=1S/C12H6ClFN2S/c13-9-1-4-12(16-7-9)17-11-3-2-10(14)5-8(11)6-15/h1-5,7H. The van der Waals surface area contributed by atoms with Crippen molar-refractivity contribution in [2.45, 2.75) is 9.92 Å². The largest absolute Gasteiger partial charge is 0.248 e. The third kappa shape index (κ3) is 2.96. The van der Waals surface area contributed by atoms with E-state index in [1.54, 1.807) is 18.2 Å². The van der Waals surface area contributed by atoms with E-state index in [-0.39, 0.29) is 0 Å². The van der Waals surface area contributed by atoms with Crippen LogP contribution in [0.15, 0.2) is 46.5 Å². The van der Waals surface area contributed by atoms with Gasteiger partial charge in [-0.3, -0.25) is 0 Å². The number of hydrogen-bond donors (Lipinski definition) is 0. The maximum absolute atomic E-state index is 12.9. The fourth-order valence-electron chi connectivity index (χ4n) is 1.21. The predicted octanol–water partition coefficient (Wildman–Crippen LogP) is 3.90. The molecule has 2 rings (SSSR count). The van der Waals surface area contributed by atoms with Crippen LogP contribution in [0.2, 0.25) is 5.02 Å². The molecule has 0 aliphatic heterocycles. The molecule has 0 N–H and O–H groups in total. The molecule has 17 heavy (non-hydrogen) atoms. The number of halogens is 2. The first-order chi connectivity index (χ1) is 8.19. The summed E-state index contributed by atoms with van der Waals surface area (Å²) in [5.41, 5.74) is 0.298. The average molecular weight is 265 g/mol. The molecule has 2 aromatic rings. The first-order valence-corrected chi connectivity index (χ1v) is 5.87. The molecule has 0 aliphatic carbocycles. The van der Waals surface area contributed by atoms with Crippen LogP contribution >= 0.6 is 23.4 Å². The van der Waals surface area contributed by atoms with Gasteiger partial charge in [-0.1, -0.05) is 23.4 Å². The molecule has 0 unspecified atom stereocenters. The minimum atomic E-state index is -0.421. The molecular formula is C12H6ClFN2S. The van der Waals surface area contributed by atoms with E-state index in [9.17, 15) is 4.39 Å². The van der Waals surface area contributed by atoms with Crippen LogP contribution in [0.3, 0.4) is 0 Å². The maximum atomic E-state index is 12.9. The fourth-order valence-corrected chi connectivity index (χ4v) is 2.14. The highest BCUT2D eigenvalue weighted by atomic mass is 35.5. The monoisotopic (exact) mass is 264 g/mol. The Morgan fingerprint density at radius 1 is 1.29 bits per heavy atom. The van der Waals surface area contributed by atoms with Crippen LogP contribution in [0, 0.1) is 17.1 Å². The summed E-state index contributed by atoms with van der Waals surface area (Å²) in [5, 5.41) is 10.1. The molecular weight excluding hydrogens is 259 g/mol. The van der Waals surface area contributed by atoms with Crippen molar-refractivity contribution in [2.75, 3.05) is 0 Å². The van der Waals surface area contributed by atoms with Gasteiger partial charge in [-0.05, 0) is 30.3 Å². The van der Waals surface area contributed by atoms with Gasteiger partial charge in [-0.15, -0.1) is 0 Å². The summed E-state index contributed by atoms with van der Waals surface area (Å²) in [4.78, 5) is 4.77. The van der Waals surface area contributed by atoms with Crippen molar-refractivity contribution in [3.8, 4) is 6.07 Å². The lowest BCUT2D eigenvalue weighted by Crippen LogP contribution is -1.85. The second kappa shape index (κ2) is 5.17. The lowest BCUT2D eigenvalue weighted by molar-refractivity contribution is 0.626. The molecule has 5 heteroatoms. The summed E-state index contributed by atoms with van der Waals surface area (Å²) in [6.45, 7) is 0. The smallest absolute Gasteiger partial charge is 0.124 e. The van der Waals surface area contributed by atoms with Crippen LogP contribution in [0.1, 0.15) is 5.56 Å². The Morgan fingerprint density at radius 3 is 2.76 bits per heavy atom. The van der Waals surface area contributed by atoms with Crippen molar-refractivity contribution in [2.24, 2.45) is 0 Å². The van der Waals surface area contributed by atoms with Gasteiger partial charge in [0.15, 0.2) is 0 Å². The number of rotatable bonds is 2. The quantitative estimate of drug-likeness (QED) is 0.825. The SMILES string of the molecule is N#Cc1cc(F)ccc1Sc1ccc(Cl)cn1. The van der Waals surface area contributed by atoms with Crippen molar-refractivity contribution in [1.29, 1.82) is 5.26 Å². The van der Waals surface area contributed by atoms with Gasteiger partial charge in [0, 0.05) is 11.1 Å². The summed E-state index contributed by atoms with van der Waals surface area (Å²) in [6.07, 6.45) is 1.53. The highest BCUT2D eigenvalue weighted by molar-refractivity contribution is 7.99. The van der Waals surface area contributed by atoms with Crippen molar-refractivity contribution in [3.63, 3.8) is 0 Å². The topological polar surface area (TPSA) is 36.7 Å². The Balaban J connectivity index is 2.30. The van der Waals surface area contributed by atoms with Crippen LogP contribution in [0.4, 0.5) is 4.39 Å². The van der Waals surface area contributed by atoms with Gasteiger partial charge in [0.05, 0.1) is 10.6 Å². The van der Waals surface area contributed by atoms with Crippen LogP contribution in [-0.2, 0) is 0 Å². The average Bonchev–Trinajstić information content (AvgIpc) is 2.34. The zero-order chi connectivity index (χ0) is 12.3. The summed E-state index contributed by atoms with van der Waals surface area (Å²) in [7, 11) is 0. The molecule has 0 fully saturated rings. The molecule has 84 valence electrons. The van der Waals surface area contributed by atoms with Gasteiger partial charge < -0.3 is 0 Å². The lowest BCUT2D eigenvalue weighted by atomic mass is 10.2. The van der Waals surface area contributed by atoms with E-state index in [1.807, 2.05) is 6.07 Å². The molecule has 0 spiro atoms. The predicted molar refractivity (Wildman–Crippen MR) is 64.5 cm³/mol. The zero-order valence-electron chi connectivity index (χ0n) is 8.52. The molecule has 0 saturated carbocycles. The maximum Gasteiger partial charge on any atom is 0.124 e. The summed E-state index contributed by atoms with van der Waals surface area (Å²) >= 11 is 7.02. The van der Waals surface area contributed by atoms with Crippen molar-refractivity contribution < 1.29 is 4.39 Å². The normalized spacial score (nSPS) is 9.94. The summed E-state index contributed by atoms with van der Waals surface area (Å²) in [5.74, 6) is -0.421. The van der Waals surface area contributed by atoms with Gasteiger partial charge in [0.1, 0.15) is 16.9 Å². The number of aromatic nitrogens is 1. The number of pyridine rings is 1. The van der Waals surface area contributed by atoms with Gasteiger partial charge in [0.2, 0.25) is 0 Å². The van der Waals surface area contributed by atoms with Crippen LogP contribution < -0.4 is 0 Å².